The maximum Gasteiger partial charge on any atom is 0.164 e. The Kier molecular flexibility index (Phi) is 9.10. The first-order valence-electron chi connectivity index (χ1n) is 23.4. The van der Waals surface area contributed by atoms with Crippen LogP contribution >= 0.6 is 0 Å². The molecule has 0 spiro atoms. The zero-order valence-corrected chi connectivity index (χ0v) is 37.5. The molecule has 4 aromatic heterocycles. The minimum absolute atomic E-state index is 0.592. The van der Waals surface area contributed by atoms with Gasteiger partial charge in [-0.3, -0.25) is 0 Å². The van der Waals surface area contributed by atoms with Crippen LogP contribution in [0, 0.1) is 0 Å². The number of para-hydroxylation sites is 4. The van der Waals surface area contributed by atoms with Crippen LogP contribution in [0.15, 0.2) is 239 Å². The summed E-state index contributed by atoms with van der Waals surface area (Å²) in [6, 6.07) is 79.8. The minimum atomic E-state index is 0.592. The van der Waals surface area contributed by atoms with Gasteiger partial charge in [0.25, 0.3) is 0 Å². The molecule has 10 aromatic carbocycles. The maximum absolute atomic E-state index is 6.63. The number of nitrogens with zero attached hydrogens (tertiary/aromatic N) is 4. The molecular formula is C64H38N4O2. The van der Waals surface area contributed by atoms with Crippen molar-refractivity contribution in [3.63, 3.8) is 0 Å². The van der Waals surface area contributed by atoms with Crippen molar-refractivity contribution in [3.8, 4) is 78.8 Å². The first kappa shape index (κ1) is 39.6. The summed E-state index contributed by atoms with van der Waals surface area (Å²) in [7, 11) is 0. The fourth-order valence-corrected chi connectivity index (χ4v) is 10.2. The van der Waals surface area contributed by atoms with E-state index >= 15 is 0 Å². The molecule has 0 bridgehead atoms. The molecule has 6 heteroatoms. The van der Waals surface area contributed by atoms with Crippen molar-refractivity contribution in [2.24, 2.45) is 0 Å². The topological polar surface area (TPSA) is 77.8 Å². The van der Waals surface area contributed by atoms with E-state index in [2.05, 4.69) is 164 Å². The van der Waals surface area contributed by atoms with Gasteiger partial charge in [-0.25, -0.2) is 19.9 Å². The van der Waals surface area contributed by atoms with E-state index in [9.17, 15) is 0 Å². The van der Waals surface area contributed by atoms with Crippen LogP contribution in [-0.4, -0.2) is 19.9 Å². The lowest BCUT2D eigenvalue weighted by Gasteiger charge is -2.16. The molecule has 0 N–H and O–H groups in total. The van der Waals surface area contributed by atoms with Gasteiger partial charge in [0, 0.05) is 71.1 Å². The van der Waals surface area contributed by atoms with Crippen molar-refractivity contribution in [3.05, 3.63) is 231 Å². The largest absolute Gasteiger partial charge is 0.456 e. The summed E-state index contributed by atoms with van der Waals surface area (Å²) >= 11 is 0. The van der Waals surface area contributed by atoms with Gasteiger partial charge in [-0.15, -0.1) is 0 Å². The van der Waals surface area contributed by atoms with E-state index in [0.717, 1.165) is 127 Å². The van der Waals surface area contributed by atoms with Gasteiger partial charge < -0.3 is 8.83 Å². The summed E-state index contributed by atoms with van der Waals surface area (Å²) in [5.74, 6) is 1.80. The highest BCUT2D eigenvalue weighted by Crippen LogP contribution is 2.47. The van der Waals surface area contributed by atoms with Crippen molar-refractivity contribution >= 4 is 65.6 Å². The third-order valence-corrected chi connectivity index (χ3v) is 13.5. The van der Waals surface area contributed by atoms with Crippen LogP contribution in [0.5, 0.6) is 0 Å². The van der Waals surface area contributed by atoms with Crippen LogP contribution in [0.2, 0.25) is 0 Å². The summed E-state index contributed by atoms with van der Waals surface area (Å²) in [6.45, 7) is 0. The number of pyridine rings is 1. The molecule has 326 valence electrons. The average molecular weight is 895 g/mol. The smallest absolute Gasteiger partial charge is 0.164 e. The summed E-state index contributed by atoms with van der Waals surface area (Å²) in [4.78, 5) is 20.5. The van der Waals surface area contributed by atoms with Crippen LogP contribution in [0.1, 0.15) is 0 Å². The second-order valence-electron chi connectivity index (χ2n) is 17.7. The molecule has 0 fully saturated rings. The van der Waals surface area contributed by atoms with Gasteiger partial charge >= 0.3 is 0 Å². The maximum atomic E-state index is 6.63. The molecule has 0 unspecified atom stereocenters. The molecule has 0 saturated carbocycles. The van der Waals surface area contributed by atoms with Gasteiger partial charge in [0.2, 0.25) is 0 Å². The molecule has 0 aliphatic carbocycles. The van der Waals surface area contributed by atoms with Crippen LogP contribution in [0.3, 0.4) is 0 Å². The number of hydrogen-bond donors (Lipinski definition) is 0. The van der Waals surface area contributed by atoms with Gasteiger partial charge in [0.05, 0.1) is 11.2 Å². The van der Waals surface area contributed by atoms with Crippen LogP contribution in [-0.2, 0) is 0 Å². The predicted octanol–water partition coefficient (Wildman–Crippen LogP) is 17.0. The Balaban J connectivity index is 0.860. The second kappa shape index (κ2) is 16.1. The molecule has 4 heterocycles. The van der Waals surface area contributed by atoms with E-state index in [0.29, 0.717) is 17.5 Å². The van der Waals surface area contributed by atoms with Crippen molar-refractivity contribution in [1.82, 2.24) is 19.9 Å². The first-order valence-corrected chi connectivity index (χ1v) is 23.4. The lowest BCUT2D eigenvalue weighted by Crippen LogP contribution is -2.00. The minimum Gasteiger partial charge on any atom is -0.456 e. The van der Waals surface area contributed by atoms with Crippen molar-refractivity contribution in [2.45, 2.75) is 0 Å². The number of aromatic nitrogens is 4. The van der Waals surface area contributed by atoms with Gasteiger partial charge in [0.15, 0.2) is 17.5 Å². The molecule has 6 nitrogen and oxygen atoms in total. The SMILES string of the molecule is c1ccc(-c2nc(-c3ccc(-c4ccc(-c5c6c(cc7c(-c8ccccc8)nc8ccccc8c57)oc5ccccc56)cc4)cc3)nc(-c3cccc(-c4cccc5c4oc4ccccc45)c3)n2)cc1. The highest BCUT2D eigenvalue weighted by atomic mass is 16.3. The summed E-state index contributed by atoms with van der Waals surface area (Å²) < 4.78 is 13.1. The molecular weight excluding hydrogens is 857 g/mol. The predicted molar refractivity (Wildman–Crippen MR) is 285 cm³/mol. The lowest BCUT2D eigenvalue weighted by atomic mass is 9.89. The molecule has 0 radical (unpaired) electrons. The Labute approximate surface area is 401 Å². The number of rotatable bonds is 7. The molecule has 14 rings (SSSR count). The van der Waals surface area contributed by atoms with Crippen LogP contribution < -0.4 is 0 Å². The molecule has 0 atom stereocenters. The number of benzene rings is 10. The highest BCUT2D eigenvalue weighted by Gasteiger charge is 2.22. The summed E-state index contributed by atoms with van der Waals surface area (Å²) in [5, 5.41) is 7.68. The fraction of sp³-hybridized carbons (Fsp3) is 0. The highest BCUT2D eigenvalue weighted by molar-refractivity contribution is 6.27. The van der Waals surface area contributed by atoms with E-state index in [1.54, 1.807) is 0 Å². The number of hydrogen-bond acceptors (Lipinski definition) is 6. The molecule has 0 amide bonds. The Morgan fingerprint density at radius 1 is 0.271 bits per heavy atom. The quantitative estimate of drug-likeness (QED) is 0.148. The average Bonchev–Trinajstić information content (AvgIpc) is 4.01. The zero-order chi connectivity index (χ0) is 46.1. The Morgan fingerprint density at radius 3 is 1.51 bits per heavy atom. The molecule has 70 heavy (non-hydrogen) atoms. The molecule has 14 aromatic rings. The van der Waals surface area contributed by atoms with Gasteiger partial charge in [0.1, 0.15) is 22.3 Å². The lowest BCUT2D eigenvalue weighted by molar-refractivity contribution is 0.669. The monoisotopic (exact) mass is 894 g/mol. The third kappa shape index (κ3) is 6.57. The summed E-state index contributed by atoms with van der Waals surface area (Å²) in [5.41, 5.74) is 15.5. The third-order valence-electron chi connectivity index (χ3n) is 13.5. The standard InChI is InChI=1S/C64H38N4O2/c1-3-15-42(16-4-1)60-52-38-56-59(51-23-9-12-28-55(51)69-56)57(58(52)50-22-7-10-26-53(50)65-60)41-33-29-39(30-34-41)40-31-35-44(36-32-40)63-66-62(43-17-5-2-6-18-43)67-64(68-63)46-20-13-19-45(37-46)47-24-14-25-49-48-21-8-11-27-54(48)70-61(47)49/h1-38H. The summed E-state index contributed by atoms with van der Waals surface area (Å²) in [6.07, 6.45) is 0. The number of fused-ring (bicyclic) bond motifs is 9. The Bertz CT molecular complexity index is 4330. The number of furan rings is 2. The Hall–Kier alpha value is -9.52. The fourth-order valence-electron chi connectivity index (χ4n) is 10.2. The molecule has 0 aliphatic rings. The second-order valence-corrected chi connectivity index (χ2v) is 17.7. The van der Waals surface area contributed by atoms with Crippen LogP contribution in [0.4, 0.5) is 0 Å². The van der Waals surface area contributed by atoms with Crippen molar-refractivity contribution in [2.75, 3.05) is 0 Å². The molecule has 0 saturated heterocycles. The van der Waals surface area contributed by atoms with E-state index < -0.39 is 0 Å². The van der Waals surface area contributed by atoms with E-state index in [1.807, 2.05) is 66.7 Å². The van der Waals surface area contributed by atoms with E-state index in [-0.39, 0.29) is 0 Å². The molecule has 0 aliphatic heterocycles. The zero-order valence-electron chi connectivity index (χ0n) is 37.5. The Morgan fingerprint density at radius 2 is 0.786 bits per heavy atom. The van der Waals surface area contributed by atoms with E-state index in [1.165, 1.54) is 0 Å². The van der Waals surface area contributed by atoms with Crippen LogP contribution in [0.25, 0.3) is 144 Å². The van der Waals surface area contributed by atoms with Gasteiger partial charge in [-0.1, -0.05) is 200 Å². The first-order chi connectivity index (χ1) is 34.7. The van der Waals surface area contributed by atoms with Crippen molar-refractivity contribution < 1.29 is 8.83 Å². The van der Waals surface area contributed by atoms with Crippen molar-refractivity contribution in [1.29, 1.82) is 0 Å². The van der Waals surface area contributed by atoms with Gasteiger partial charge in [-0.2, -0.15) is 0 Å². The van der Waals surface area contributed by atoms with E-state index in [4.69, 9.17) is 28.8 Å². The van der Waals surface area contributed by atoms with Gasteiger partial charge in [-0.05, 0) is 52.6 Å². The normalized spacial score (nSPS) is 11.7.